The molecule has 0 aliphatic carbocycles. The fraction of sp³-hybridized carbons (Fsp3) is 0.360. The minimum absolute atomic E-state index is 0.0494. The van der Waals surface area contributed by atoms with Gasteiger partial charge in [0.05, 0.1) is 22.7 Å². The van der Waals surface area contributed by atoms with E-state index in [0.29, 0.717) is 24.7 Å². The van der Waals surface area contributed by atoms with E-state index in [0.717, 1.165) is 12.8 Å². The number of esters is 1. The van der Waals surface area contributed by atoms with Gasteiger partial charge in [-0.05, 0) is 56.0 Å². The molecule has 0 N–H and O–H groups in total. The van der Waals surface area contributed by atoms with E-state index in [1.54, 1.807) is 42.2 Å². The standard InChI is InChI=1S/C25H30N2O5S/c1-4-15-27(22-10-6-5-7-11-22)33(30,31)23-12-8-9-21(18-23)25(29)32-20(3)24(28)26-16-13-19(2)14-17-26/h4-12,18-20H,1,13-17H2,2-3H3. The zero-order valence-corrected chi connectivity index (χ0v) is 19.8. The molecule has 2 aromatic rings. The van der Waals surface area contributed by atoms with Crippen LogP contribution in [0.25, 0.3) is 0 Å². The number of para-hydroxylation sites is 1. The molecule has 0 spiro atoms. The lowest BCUT2D eigenvalue weighted by molar-refractivity contribution is -0.141. The molecule has 1 amide bonds. The maximum absolute atomic E-state index is 13.3. The highest BCUT2D eigenvalue weighted by Gasteiger charge is 2.28. The van der Waals surface area contributed by atoms with Crippen molar-refractivity contribution in [1.29, 1.82) is 0 Å². The molecule has 33 heavy (non-hydrogen) atoms. The van der Waals surface area contributed by atoms with Crippen LogP contribution in [0.2, 0.25) is 0 Å². The lowest BCUT2D eigenvalue weighted by Gasteiger charge is -2.31. The first-order chi connectivity index (χ1) is 15.7. The molecule has 176 valence electrons. The molecule has 2 aromatic carbocycles. The van der Waals surface area contributed by atoms with Crippen LogP contribution >= 0.6 is 0 Å². The van der Waals surface area contributed by atoms with Crippen LogP contribution in [0.4, 0.5) is 5.69 Å². The molecule has 0 bridgehead atoms. The molecule has 8 heteroatoms. The first-order valence-electron chi connectivity index (χ1n) is 11.0. The van der Waals surface area contributed by atoms with Crippen molar-refractivity contribution in [3.05, 3.63) is 72.8 Å². The molecule has 1 heterocycles. The number of nitrogens with zero attached hydrogens (tertiary/aromatic N) is 2. The predicted molar refractivity (Wildman–Crippen MR) is 127 cm³/mol. The molecule has 1 saturated heterocycles. The summed E-state index contributed by atoms with van der Waals surface area (Å²) in [5.74, 6) is -0.401. The number of carbonyl (C=O) groups is 2. The highest BCUT2D eigenvalue weighted by Crippen LogP contribution is 2.24. The van der Waals surface area contributed by atoms with Crippen LogP contribution in [0.1, 0.15) is 37.0 Å². The number of hydrogen-bond acceptors (Lipinski definition) is 5. The van der Waals surface area contributed by atoms with Gasteiger partial charge in [0.1, 0.15) is 0 Å². The van der Waals surface area contributed by atoms with Crippen molar-refractivity contribution in [2.75, 3.05) is 23.9 Å². The second-order valence-electron chi connectivity index (χ2n) is 8.24. The molecule has 1 fully saturated rings. The van der Waals surface area contributed by atoms with Gasteiger partial charge >= 0.3 is 5.97 Å². The molecular formula is C25H30N2O5S. The number of likely N-dealkylation sites (tertiary alicyclic amines) is 1. The number of amides is 1. The summed E-state index contributed by atoms with van der Waals surface area (Å²) >= 11 is 0. The van der Waals surface area contributed by atoms with Gasteiger partial charge in [-0.3, -0.25) is 9.10 Å². The number of hydrogen-bond donors (Lipinski definition) is 0. The Morgan fingerprint density at radius 2 is 1.82 bits per heavy atom. The normalized spacial score (nSPS) is 15.5. The number of carbonyl (C=O) groups excluding carboxylic acids is 2. The molecule has 1 aliphatic rings. The van der Waals surface area contributed by atoms with Gasteiger partial charge in [0, 0.05) is 13.1 Å². The van der Waals surface area contributed by atoms with E-state index in [4.69, 9.17) is 4.74 Å². The zero-order valence-electron chi connectivity index (χ0n) is 19.0. The topological polar surface area (TPSA) is 84.0 Å². The number of rotatable bonds is 8. The number of sulfonamides is 1. The first kappa shape index (κ1) is 24.5. The van der Waals surface area contributed by atoms with Crippen molar-refractivity contribution in [3.8, 4) is 0 Å². The van der Waals surface area contributed by atoms with E-state index in [-0.39, 0.29) is 22.9 Å². The quantitative estimate of drug-likeness (QED) is 0.432. The van der Waals surface area contributed by atoms with Crippen molar-refractivity contribution < 1.29 is 22.7 Å². The Balaban J connectivity index is 1.77. The van der Waals surface area contributed by atoms with Gasteiger partial charge in [0.2, 0.25) is 0 Å². The average molecular weight is 471 g/mol. The molecule has 1 atom stereocenters. The van der Waals surface area contributed by atoms with Crippen LogP contribution in [0.3, 0.4) is 0 Å². The van der Waals surface area contributed by atoms with Crippen LogP contribution in [0.5, 0.6) is 0 Å². The number of ether oxygens (including phenoxy) is 1. The summed E-state index contributed by atoms with van der Waals surface area (Å²) in [6, 6.07) is 14.3. The number of benzene rings is 2. The van der Waals surface area contributed by atoms with Gasteiger partial charge in [-0.25, -0.2) is 13.2 Å². The SMILES string of the molecule is C=CCN(c1ccccc1)S(=O)(=O)c1cccc(C(=O)OC(C)C(=O)N2CCC(C)CC2)c1. The van der Waals surface area contributed by atoms with E-state index in [9.17, 15) is 18.0 Å². The van der Waals surface area contributed by atoms with Gasteiger partial charge in [-0.2, -0.15) is 0 Å². The summed E-state index contributed by atoms with van der Waals surface area (Å²) < 4.78 is 33.3. The van der Waals surface area contributed by atoms with Gasteiger partial charge in [0.15, 0.2) is 6.10 Å². The maximum atomic E-state index is 13.3. The van der Waals surface area contributed by atoms with Crippen LogP contribution < -0.4 is 4.31 Å². The second kappa shape index (κ2) is 10.7. The number of anilines is 1. The smallest absolute Gasteiger partial charge is 0.338 e. The summed E-state index contributed by atoms with van der Waals surface area (Å²) in [7, 11) is -3.96. The Labute approximate surface area is 195 Å². The summed E-state index contributed by atoms with van der Waals surface area (Å²) in [5.41, 5.74) is 0.551. The molecule has 0 aromatic heterocycles. The van der Waals surface area contributed by atoms with Crippen LogP contribution in [-0.4, -0.2) is 50.9 Å². The van der Waals surface area contributed by atoms with E-state index in [1.807, 2.05) is 0 Å². The van der Waals surface area contributed by atoms with Gasteiger partial charge < -0.3 is 9.64 Å². The largest absolute Gasteiger partial charge is 0.449 e. The van der Waals surface area contributed by atoms with Gasteiger partial charge in [-0.15, -0.1) is 6.58 Å². The third-order valence-corrected chi connectivity index (χ3v) is 7.51. The highest BCUT2D eigenvalue weighted by atomic mass is 32.2. The van der Waals surface area contributed by atoms with Gasteiger partial charge in [-0.1, -0.05) is 37.3 Å². The van der Waals surface area contributed by atoms with Crippen molar-refractivity contribution in [2.45, 2.75) is 37.7 Å². The molecule has 3 rings (SSSR count). The summed E-state index contributed by atoms with van der Waals surface area (Å²) in [5, 5.41) is 0. The van der Waals surface area contributed by atoms with E-state index in [1.165, 1.54) is 34.6 Å². The van der Waals surface area contributed by atoms with Crippen LogP contribution in [-0.2, 0) is 19.6 Å². The van der Waals surface area contributed by atoms with Crippen LogP contribution in [0, 0.1) is 5.92 Å². The Hall–Kier alpha value is -3.13. The van der Waals surface area contributed by atoms with Gasteiger partial charge in [0.25, 0.3) is 15.9 Å². The lowest BCUT2D eigenvalue weighted by atomic mass is 9.99. The second-order valence-corrected chi connectivity index (χ2v) is 10.1. The number of piperidine rings is 1. The Kier molecular flexibility index (Phi) is 7.92. The minimum atomic E-state index is -3.96. The van der Waals surface area contributed by atoms with E-state index in [2.05, 4.69) is 13.5 Å². The van der Waals surface area contributed by atoms with Crippen molar-refractivity contribution in [3.63, 3.8) is 0 Å². The van der Waals surface area contributed by atoms with Crippen molar-refractivity contribution >= 4 is 27.6 Å². The minimum Gasteiger partial charge on any atom is -0.449 e. The van der Waals surface area contributed by atoms with Crippen LogP contribution in [0.15, 0.2) is 72.1 Å². The molecule has 0 radical (unpaired) electrons. The third-order valence-electron chi connectivity index (χ3n) is 5.72. The first-order valence-corrected chi connectivity index (χ1v) is 12.5. The van der Waals surface area contributed by atoms with Crippen molar-refractivity contribution in [2.24, 2.45) is 5.92 Å². The molecule has 1 aliphatic heterocycles. The van der Waals surface area contributed by atoms with E-state index < -0.39 is 22.1 Å². The Morgan fingerprint density at radius 3 is 2.45 bits per heavy atom. The summed E-state index contributed by atoms with van der Waals surface area (Å²) in [4.78, 5) is 27.0. The third kappa shape index (κ3) is 5.82. The average Bonchev–Trinajstić information content (AvgIpc) is 2.83. The lowest BCUT2D eigenvalue weighted by Crippen LogP contribution is -2.44. The molecule has 7 nitrogen and oxygen atoms in total. The molecule has 0 saturated carbocycles. The fourth-order valence-corrected chi connectivity index (χ4v) is 5.21. The van der Waals surface area contributed by atoms with Crippen molar-refractivity contribution in [1.82, 2.24) is 4.90 Å². The highest BCUT2D eigenvalue weighted by molar-refractivity contribution is 7.92. The fourth-order valence-electron chi connectivity index (χ4n) is 3.73. The monoisotopic (exact) mass is 470 g/mol. The Morgan fingerprint density at radius 1 is 1.15 bits per heavy atom. The van der Waals surface area contributed by atoms with E-state index >= 15 is 0 Å². The Bertz CT molecular complexity index is 1090. The predicted octanol–water partition coefficient (Wildman–Crippen LogP) is 3.87. The molecule has 1 unspecified atom stereocenters. The zero-order chi connectivity index (χ0) is 24.0. The summed E-state index contributed by atoms with van der Waals surface area (Å²) in [6.45, 7) is 8.71. The maximum Gasteiger partial charge on any atom is 0.338 e. The summed E-state index contributed by atoms with van der Waals surface area (Å²) in [6.07, 6.45) is 2.40. The molecular weight excluding hydrogens is 440 g/mol.